The average Bonchev–Trinajstić information content (AvgIpc) is 1.27. The zero-order valence-electron chi connectivity index (χ0n) is 3.30. The van der Waals surface area contributed by atoms with Crippen molar-refractivity contribution in [1.82, 2.24) is 0 Å². The Morgan fingerprint density at radius 3 is 2.14 bits per heavy atom. The van der Waals surface area contributed by atoms with Crippen LogP contribution in [-0.4, -0.2) is 19.7 Å². The Balaban J connectivity index is 2.61. The molecular formula is C2H3ClO3S. The molecule has 1 saturated heterocycles. The fraction of sp³-hybridized carbons (Fsp3) is 1.00. The molecule has 1 unspecified atom stereocenters. The highest BCUT2D eigenvalue weighted by molar-refractivity contribution is 7.88. The van der Waals surface area contributed by atoms with E-state index in [-0.39, 0.29) is 5.75 Å². The van der Waals surface area contributed by atoms with Crippen molar-refractivity contribution in [2.24, 2.45) is 0 Å². The molecule has 0 radical (unpaired) electrons. The Labute approximate surface area is 46.3 Å². The number of alkyl halides is 1. The van der Waals surface area contributed by atoms with Crippen LogP contribution in [0.4, 0.5) is 0 Å². The van der Waals surface area contributed by atoms with Gasteiger partial charge < -0.3 is 0 Å². The lowest BCUT2D eigenvalue weighted by Crippen LogP contribution is -2.34. The maximum atomic E-state index is 9.99. The summed E-state index contributed by atoms with van der Waals surface area (Å²) in [5, 5.41) is 0. The molecule has 0 N–H and O–H groups in total. The van der Waals surface area contributed by atoms with Crippen LogP contribution in [0.1, 0.15) is 0 Å². The molecule has 1 atom stereocenters. The molecule has 0 bridgehead atoms. The predicted octanol–water partition coefficient (Wildman–Crippen LogP) is -0.0887. The van der Waals surface area contributed by atoms with Crippen LogP contribution in [0, 0.1) is 0 Å². The van der Waals surface area contributed by atoms with E-state index in [4.69, 9.17) is 11.6 Å². The first-order valence-electron chi connectivity index (χ1n) is 1.65. The van der Waals surface area contributed by atoms with Gasteiger partial charge in [-0.1, -0.05) is 11.6 Å². The third kappa shape index (κ3) is 1.05. The van der Waals surface area contributed by atoms with E-state index in [1.807, 2.05) is 0 Å². The standard InChI is InChI=1S/C2H3ClO3S/c3-2-1-7(4,5)6-2/h2H,1H2. The molecule has 0 spiro atoms. The van der Waals surface area contributed by atoms with Crippen molar-refractivity contribution in [3.05, 3.63) is 0 Å². The van der Waals surface area contributed by atoms with E-state index >= 15 is 0 Å². The first-order chi connectivity index (χ1) is 3.10. The van der Waals surface area contributed by atoms with Crippen molar-refractivity contribution in [1.29, 1.82) is 0 Å². The van der Waals surface area contributed by atoms with Crippen molar-refractivity contribution in [2.75, 3.05) is 5.75 Å². The summed E-state index contributed by atoms with van der Waals surface area (Å²) in [7, 11) is -3.16. The fourth-order valence-corrected chi connectivity index (χ4v) is 1.73. The van der Waals surface area contributed by atoms with E-state index in [9.17, 15) is 8.42 Å². The lowest BCUT2D eigenvalue weighted by molar-refractivity contribution is 0.252. The molecule has 0 saturated carbocycles. The highest BCUT2D eigenvalue weighted by Crippen LogP contribution is 2.17. The third-order valence-corrected chi connectivity index (χ3v) is 2.35. The Hall–Kier alpha value is 0.200. The first-order valence-corrected chi connectivity index (χ1v) is 3.66. The van der Waals surface area contributed by atoms with E-state index < -0.39 is 15.7 Å². The molecule has 1 aliphatic heterocycles. The summed E-state index contributed by atoms with van der Waals surface area (Å²) >= 11 is 5.13. The predicted molar refractivity (Wildman–Crippen MR) is 24.5 cm³/mol. The number of hydrogen-bond acceptors (Lipinski definition) is 3. The molecule has 0 aliphatic carbocycles. The molecule has 5 heteroatoms. The summed E-state index contributed by atoms with van der Waals surface area (Å²) in [6.07, 6.45) is 0. The van der Waals surface area contributed by atoms with Gasteiger partial charge in [0, 0.05) is 0 Å². The minimum atomic E-state index is -3.16. The van der Waals surface area contributed by atoms with Gasteiger partial charge >= 0.3 is 0 Å². The van der Waals surface area contributed by atoms with Gasteiger partial charge in [0.2, 0.25) is 0 Å². The summed E-state index contributed by atoms with van der Waals surface area (Å²) < 4.78 is 24.0. The minimum Gasteiger partial charge on any atom is -0.249 e. The SMILES string of the molecule is O=S1(=O)CC(Cl)O1. The van der Waals surface area contributed by atoms with Gasteiger partial charge in [0.05, 0.1) is 0 Å². The third-order valence-electron chi connectivity index (χ3n) is 0.586. The second-order valence-electron chi connectivity index (χ2n) is 1.23. The molecule has 0 aromatic heterocycles. The molecule has 0 aromatic carbocycles. The summed E-state index contributed by atoms with van der Waals surface area (Å²) in [5.41, 5.74) is -0.606. The smallest absolute Gasteiger partial charge is 0.249 e. The van der Waals surface area contributed by atoms with Gasteiger partial charge in [-0.3, -0.25) is 0 Å². The number of halogens is 1. The molecule has 1 heterocycles. The van der Waals surface area contributed by atoms with Crippen molar-refractivity contribution >= 4 is 21.7 Å². The Bertz CT molecular complexity index is 148. The molecular weight excluding hydrogens is 140 g/mol. The summed E-state index contributed by atoms with van der Waals surface area (Å²) in [6, 6.07) is 0. The molecule has 3 nitrogen and oxygen atoms in total. The van der Waals surface area contributed by atoms with Crippen molar-refractivity contribution in [2.45, 2.75) is 5.56 Å². The topological polar surface area (TPSA) is 43.4 Å². The molecule has 1 fully saturated rings. The van der Waals surface area contributed by atoms with E-state index in [0.29, 0.717) is 0 Å². The van der Waals surface area contributed by atoms with Crippen LogP contribution >= 0.6 is 11.6 Å². The zero-order valence-corrected chi connectivity index (χ0v) is 4.87. The summed E-state index contributed by atoms with van der Waals surface area (Å²) in [6.45, 7) is 0. The van der Waals surface area contributed by atoms with Crippen LogP contribution in [0.3, 0.4) is 0 Å². The molecule has 7 heavy (non-hydrogen) atoms. The van der Waals surface area contributed by atoms with Crippen LogP contribution in [0.5, 0.6) is 0 Å². The maximum absolute atomic E-state index is 9.99. The van der Waals surface area contributed by atoms with E-state index in [0.717, 1.165) is 0 Å². The van der Waals surface area contributed by atoms with Crippen LogP contribution in [0.25, 0.3) is 0 Å². The van der Waals surface area contributed by atoms with Gasteiger partial charge in [-0.05, 0) is 0 Å². The van der Waals surface area contributed by atoms with E-state index in [1.54, 1.807) is 0 Å². The highest BCUT2D eigenvalue weighted by atomic mass is 35.5. The second-order valence-corrected chi connectivity index (χ2v) is 3.36. The van der Waals surface area contributed by atoms with E-state index in [2.05, 4.69) is 4.18 Å². The van der Waals surface area contributed by atoms with E-state index in [1.165, 1.54) is 0 Å². The number of rotatable bonds is 0. The quantitative estimate of drug-likeness (QED) is 0.351. The molecule has 1 aliphatic rings. The summed E-state index contributed by atoms with van der Waals surface area (Å²) in [5.74, 6) is -0.0471. The molecule has 0 aromatic rings. The fourth-order valence-electron chi connectivity index (χ4n) is 0.312. The monoisotopic (exact) mass is 142 g/mol. The zero-order chi connectivity index (χ0) is 5.49. The largest absolute Gasteiger partial charge is 0.272 e. The normalized spacial score (nSPS) is 37.0. The van der Waals surface area contributed by atoms with Gasteiger partial charge in [-0.15, -0.1) is 0 Å². The lowest BCUT2D eigenvalue weighted by atomic mass is 10.9. The van der Waals surface area contributed by atoms with Crippen molar-refractivity contribution in [3.63, 3.8) is 0 Å². The molecule has 0 amide bonds. The Kier molecular flexibility index (Phi) is 1.02. The van der Waals surface area contributed by atoms with Crippen molar-refractivity contribution < 1.29 is 12.6 Å². The van der Waals surface area contributed by atoms with Gasteiger partial charge in [-0.2, -0.15) is 8.42 Å². The Morgan fingerprint density at radius 2 is 2.14 bits per heavy atom. The van der Waals surface area contributed by atoms with Crippen molar-refractivity contribution in [3.8, 4) is 0 Å². The van der Waals surface area contributed by atoms with Gasteiger partial charge in [0.1, 0.15) is 5.75 Å². The lowest BCUT2D eigenvalue weighted by Gasteiger charge is -2.18. The highest BCUT2D eigenvalue weighted by Gasteiger charge is 2.32. The number of hydrogen-bond donors (Lipinski definition) is 0. The molecule has 1 rings (SSSR count). The summed E-state index contributed by atoms with van der Waals surface area (Å²) in [4.78, 5) is 0. The van der Waals surface area contributed by atoms with Crippen LogP contribution in [0.2, 0.25) is 0 Å². The molecule has 42 valence electrons. The van der Waals surface area contributed by atoms with Crippen LogP contribution in [-0.2, 0) is 14.3 Å². The van der Waals surface area contributed by atoms with Crippen LogP contribution in [0.15, 0.2) is 0 Å². The first kappa shape index (κ1) is 5.34. The van der Waals surface area contributed by atoms with Gasteiger partial charge in [0.15, 0.2) is 5.56 Å². The average molecular weight is 143 g/mol. The second kappa shape index (κ2) is 1.34. The van der Waals surface area contributed by atoms with Crippen LogP contribution < -0.4 is 0 Å². The van der Waals surface area contributed by atoms with Gasteiger partial charge in [-0.25, -0.2) is 4.18 Å². The van der Waals surface area contributed by atoms with Gasteiger partial charge in [0.25, 0.3) is 10.1 Å². The minimum absolute atomic E-state index is 0.0471. The Morgan fingerprint density at radius 1 is 1.71 bits per heavy atom. The maximum Gasteiger partial charge on any atom is 0.272 e.